The lowest BCUT2D eigenvalue weighted by molar-refractivity contribution is -0.147. The predicted molar refractivity (Wildman–Crippen MR) is 102 cm³/mol. The third-order valence-electron chi connectivity index (χ3n) is 3.72. The highest BCUT2D eigenvalue weighted by atomic mass is 32.1. The molecule has 0 saturated carbocycles. The molecule has 3 rings (SSSR count). The van der Waals surface area contributed by atoms with Crippen LogP contribution in [0.2, 0.25) is 0 Å². The predicted octanol–water partition coefficient (Wildman–Crippen LogP) is 4.06. The van der Waals surface area contributed by atoms with E-state index in [4.69, 9.17) is 4.74 Å². The van der Waals surface area contributed by atoms with Crippen LogP contribution in [-0.2, 0) is 20.7 Å². The zero-order valence-electron chi connectivity index (χ0n) is 14.4. The van der Waals surface area contributed by atoms with Crippen molar-refractivity contribution in [3.05, 3.63) is 71.4 Å². The normalized spacial score (nSPS) is 10.4. The van der Waals surface area contributed by atoms with Gasteiger partial charge >= 0.3 is 5.97 Å². The van der Waals surface area contributed by atoms with Crippen molar-refractivity contribution in [1.29, 1.82) is 0 Å². The molecule has 3 aromatic rings. The van der Waals surface area contributed by atoms with Gasteiger partial charge in [-0.3, -0.25) is 14.9 Å². The first kappa shape index (κ1) is 18.7. The van der Waals surface area contributed by atoms with Crippen molar-refractivity contribution in [2.75, 3.05) is 11.9 Å². The second-order valence-corrected chi connectivity index (χ2v) is 6.60. The number of anilines is 1. The van der Waals surface area contributed by atoms with Gasteiger partial charge in [0.2, 0.25) is 0 Å². The summed E-state index contributed by atoms with van der Waals surface area (Å²) in [5.41, 5.74) is 2.42. The standard InChI is InChI=1S/C20H17FN2O3S/c21-16-9-7-15(8-10-16)17-13-27-20(22-17)23-18(24)12-26-19(25)11-6-14-4-2-1-3-5-14/h1-5,7-10,13H,6,11-12H2,(H,22,23,24). The molecule has 0 aliphatic rings. The first-order valence-electron chi connectivity index (χ1n) is 8.31. The van der Waals surface area contributed by atoms with Gasteiger partial charge in [-0.1, -0.05) is 30.3 Å². The molecule has 5 nitrogen and oxygen atoms in total. The monoisotopic (exact) mass is 384 g/mol. The second kappa shape index (κ2) is 9.05. The minimum atomic E-state index is -0.455. The lowest BCUT2D eigenvalue weighted by atomic mass is 10.1. The summed E-state index contributed by atoms with van der Waals surface area (Å²) in [6.07, 6.45) is 0.776. The molecular weight excluding hydrogens is 367 g/mol. The molecule has 0 aliphatic carbocycles. The Kier molecular flexibility index (Phi) is 6.27. The van der Waals surface area contributed by atoms with Crippen LogP contribution in [-0.4, -0.2) is 23.5 Å². The highest BCUT2D eigenvalue weighted by Crippen LogP contribution is 2.24. The molecule has 27 heavy (non-hydrogen) atoms. The average molecular weight is 384 g/mol. The van der Waals surface area contributed by atoms with Gasteiger partial charge in [0, 0.05) is 17.4 Å². The van der Waals surface area contributed by atoms with E-state index in [0.29, 0.717) is 17.2 Å². The second-order valence-electron chi connectivity index (χ2n) is 5.74. The number of nitrogens with one attached hydrogen (secondary N) is 1. The fraction of sp³-hybridized carbons (Fsp3) is 0.150. The maximum absolute atomic E-state index is 13.0. The molecule has 2 aromatic carbocycles. The number of benzene rings is 2. The number of aryl methyl sites for hydroxylation is 1. The van der Waals surface area contributed by atoms with Gasteiger partial charge in [0.25, 0.3) is 5.91 Å². The molecule has 0 fully saturated rings. The zero-order valence-corrected chi connectivity index (χ0v) is 15.2. The summed E-state index contributed by atoms with van der Waals surface area (Å²) in [6.45, 7) is -0.362. The van der Waals surface area contributed by atoms with Gasteiger partial charge in [0.15, 0.2) is 11.7 Å². The summed E-state index contributed by atoms with van der Waals surface area (Å²) in [4.78, 5) is 27.9. The minimum Gasteiger partial charge on any atom is -0.456 e. The van der Waals surface area contributed by atoms with E-state index in [-0.39, 0.29) is 18.8 Å². The molecule has 0 atom stereocenters. The molecule has 7 heteroatoms. The van der Waals surface area contributed by atoms with E-state index in [1.807, 2.05) is 30.3 Å². The fourth-order valence-corrected chi connectivity index (χ4v) is 3.08. The Labute approximate surface area is 159 Å². The quantitative estimate of drug-likeness (QED) is 0.624. The summed E-state index contributed by atoms with van der Waals surface area (Å²) in [6, 6.07) is 15.5. The van der Waals surface area contributed by atoms with Crippen LogP contribution in [0.25, 0.3) is 11.3 Å². The first-order chi connectivity index (χ1) is 13.1. The van der Waals surface area contributed by atoms with Crippen molar-refractivity contribution in [2.24, 2.45) is 0 Å². The number of nitrogens with zero attached hydrogens (tertiary/aromatic N) is 1. The molecule has 138 valence electrons. The van der Waals surface area contributed by atoms with Crippen molar-refractivity contribution in [3.8, 4) is 11.3 Å². The van der Waals surface area contributed by atoms with E-state index in [1.54, 1.807) is 17.5 Å². The van der Waals surface area contributed by atoms with E-state index in [2.05, 4.69) is 10.3 Å². The van der Waals surface area contributed by atoms with Crippen LogP contribution in [0.3, 0.4) is 0 Å². The Hall–Kier alpha value is -3.06. The van der Waals surface area contributed by atoms with Crippen LogP contribution in [0.5, 0.6) is 0 Å². The van der Waals surface area contributed by atoms with Gasteiger partial charge < -0.3 is 4.74 Å². The Morgan fingerprint density at radius 1 is 1.07 bits per heavy atom. The van der Waals surface area contributed by atoms with Crippen LogP contribution >= 0.6 is 11.3 Å². The lowest BCUT2D eigenvalue weighted by Gasteiger charge is -2.05. The highest BCUT2D eigenvalue weighted by molar-refractivity contribution is 7.14. The van der Waals surface area contributed by atoms with Crippen LogP contribution in [0.1, 0.15) is 12.0 Å². The van der Waals surface area contributed by atoms with Gasteiger partial charge in [-0.2, -0.15) is 0 Å². The summed E-state index contributed by atoms with van der Waals surface area (Å²) >= 11 is 1.24. The van der Waals surface area contributed by atoms with E-state index in [9.17, 15) is 14.0 Å². The van der Waals surface area contributed by atoms with Crippen molar-refractivity contribution in [1.82, 2.24) is 4.98 Å². The largest absolute Gasteiger partial charge is 0.456 e. The third-order valence-corrected chi connectivity index (χ3v) is 4.47. The number of hydrogen-bond donors (Lipinski definition) is 1. The molecule has 0 spiro atoms. The van der Waals surface area contributed by atoms with Crippen molar-refractivity contribution < 1.29 is 18.7 Å². The molecular formula is C20H17FN2O3S. The van der Waals surface area contributed by atoms with Gasteiger partial charge in [0.1, 0.15) is 5.82 Å². The number of aromatic nitrogens is 1. The number of amides is 1. The molecule has 0 bridgehead atoms. The van der Waals surface area contributed by atoms with Crippen molar-refractivity contribution in [3.63, 3.8) is 0 Å². The Bertz CT molecular complexity index is 910. The number of halogens is 1. The Morgan fingerprint density at radius 2 is 1.81 bits per heavy atom. The van der Waals surface area contributed by atoms with Crippen LogP contribution in [0.4, 0.5) is 9.52 Å². The van der Waals surface area contributed by atoms with E-state index < -0.39 is 11.9 Å². The van der Waals surface area contributed by atoms with Gasteiger partial charge in [0.05, 0.1) is 5.69 Å². The number of carbonyl (C=O) groups excluding carboxylic acids is 2. The number of hydrogen-bond acceptors (Lipinski definition) is 5. The van der Waals surface area contributed by atoms with Crippen molar-refractivity contribution in [2.45, 2.75) is 12.8 Å². The minimum absolute atomic E-state index is 0.212. The van der Waals surface area contributed by atoms with E-state index in [0.717, 1.165) is 11.1 Å². The van der Waals surface area contributed by atoms with Crippen molar-refractivity contribution >= 4 is 28.3 Å². The molecule has 0 saturated heterocycles. The number of thiazole rings is 1. The number of rotatable bonds is 7. The third kappa shape index (κ3) is 5.72. The van der Waals surface area contributed by atoms with Gasteiger partial charge in [-0.25, -0.2) is 9.37 Å². The summed E-state index contributed by atoms with van der Waals surface area (Å²) in [5.74, 6) is -1.21. The maximum atomic E-state index is 13.0. The number of esters is 1. The van der Waals surface area contributed by atoms with E-state index in [1.165, 1.54) is 23.5 Å². The maximum Gasteiger partial charge on any atom is 0.306 e. The highest BCUT2D eigenvalue weighted by Gasteiger charge is 2.11. The number of ether oxygens (including phenoxy) is 1. The summed E-state index contributed by atoms with van der Waals surface area (Å²) in [5, 5.41) is 4.74. The van der Waals surface area contributed by atoms with Gasteiger partial charge in [-0.05, 0) is 36.2 Å². The topological polar surface area (TPSA) is 68.3 Å². The number of carbonyl (C=O) groups is 2. The fourth-order valence-electron chi connectivity index (χ4n) is 2.35. The molecule has 0 radical (unpaired) electrons. The van der Waals surface area contributed by atoms with Gasteiger partial charge in [-0.15, -0.1) is 11.3 Å². The summed E-state index contributed by atoms with van der Waals surface area (Å²) in [7, 11) is 0. The molecule has 1 amide bonds. The molecule has 0 aliphatic heterocycles. The Balaban J connectivity index is 1.44. The smallest absolute Gasteiger partial charge is 0.306 e. The molecule has 1 N–H and O–H groups in total. The van der Waals surface area contributed by atoms with Crippen LogP contribution in [0.15, 0.2) is 60.0 Å². The molecule has 1 heterocycles. The van der Waals surface area contributed by atoms with Crippen LogP contribution < -0.4 is 5.32 Å². The average Bonchev–Trinajstić information content (AvgIpc) is 3.14. The lowest BCUT2D eigenvalue weighted by Crippen LogP contribution is -2.21. The van der Waals surface area contributed by atoms with E-state index >= 15 is 0 Å². The summed E-state index contributed by atoms with van der Waals surface area (Å²) < 4.78 is 18.0. The zero-order chi connectivity index (χ0) is 19.1. The Morgan fingerprint density at radius 3 is 2.56 bits per heavy atom. The first-order valence-corrected chi connectivity index (χ1v) is 9.19. The molecule has 1 aromatic heterocycles. The molecule has 0 unspecified atom stereocenters. The van der Waals surface area contributed by atoms with Crippen LogP contribution in [0, 0.1) is 5.82 Å². The SMILES string of the molecule is O=C(COC(=O)CCc1ccccc1)Nc1nc(-c2ccc(F)cc2)cs1.